The number of nitrogens with two attached hydrogens (primary N) is 1. The van der Waals surface area contributed by atoms with Gasteiger partial charge in [-0.1, -0.05) is 6.92 Å². The first-order valence-electron chi connectivity index (χ1n) is 5.52. The molecule has 3 N–H and O–H groups in total. The van der Waals surface area contributed by atoms with Crippen LogP contribution < -0.4 is 5.73 Å². The Balaban J connectivity index is 4.24. The molecule has 0 aliphatic carbocycles. The normalized spacial score (nSPS) is 15.8. The van der Waals surface area contributed by atoms with Gasteiger partial charge in [0, 0.05) is 0 Å². The third kappa shape index (κ3) is 7.09. The molecule has 0 aromatic heterocycles. The quantitative estimate of drug-likeness (QED) is 0.533. The molecule has 0 aromatic rings. The molecule has 0 aromatic carbocycles. The predicted octanol–water partition coefficient (Wildman–Crippen LogP) is 1.93. The first-order chi connectivity index (χ1) is 7.28. The Morgan fingerprint density at radius 3 is 2.44 bits per heavy atom. The van der Waals surface area contributed by atoms with Crippen LogP contribution in [0.2, 0.25) is 0 Å². The van der Waals surface area contributed by atoms with Crippen LogP contribution in [0.15, 0.2) is 0 Å². The van der Waals surface area contributed by atoms with E-state index in [0.29, 0.717) is 6.42 Å². The maximum atomic E-state index is 11.1. The zero-order valence-corrected chi connectivity index (χ0v) is 11.3. The highest BCUT2D eigenvalue weighted by molar-refractivity contribution is 7.99. The van der Waals surface area contributed by atoms with Gasteiger partial charge in [0.25, 0.3) is 0 Å². The van der Waals surface area contributed by atoms with E-state index in [1.165, 1.54) is 0 Å². The van der Waals surface area contributed by atoms with E-state index in [-0.39, 0.29) is 0 Å². The van der Waals surface area contributed by atoms with Crippen LogP contribution in [-0.4, -0.2) is 34.4 Å². The maximum absolute atomic E-state index is 11.1. The second-order valence-electron chi connectivity index (χ2n) is 4.63. The van der Waals surface area contributed by atoms with Crippen molar-refractivity contribution in [2.45, 2.75) is 45.9 Å². The van der Waals surface area contributed by atoms with Gasteiger partial charge in [0.1, 0.15) is 6.23 Å². The molecular formula is C11H23NO3S. The Kier molecular flexibility index (Phi) is 7.03. The molecule has 2 unspecified atom stereocenters. The van der Waals surface area contributed by atoms with Crippen LogP contribution in [0.25, 0.3) is 0 Å². The van der Waals surface area contributed by atoms with Crippen molar-refractivity contribution in [3.63, 3.8) is 0 Å². The van der Waals surface area contributed by atoms with Crippen LogP contribution in [0.5, 0.6) is 0 Å². The number of hydrogen-bond acceptors (Lipinski definition) is 4. The molecule has 0 bridgehead atoms. The number of aliphatic carboxylic acids is 1. The molecule has 16 heavy (non-hydrogen) atoms. The minimum absolute atomic E-state index is 0.412. The van der Waals surface area contributed by atoms with Crippen molar-refractivity contribution >= 4 is 17.7 Å². The molecule has 0 heterocycles. The van der Waals surface area contributed by atoms with Crippen molar-refractivity contribution in [2.24, 2.45) is 11.7 Å². The smallest absolute Gasteiger partial charge is 0.310 e. The van der Waals surface area contributed by atoms with E-state index in [4.69, 9.17) is 15.6 Å². The SMILES string of the molecule is CCSCCC(C(=O)O)C(N)OC(C)(C)C. The number of carboxylic acids is 1. The van der Waals surface area contributed by atoms with Gasteiger partial charge in [0.05, 0.1) is 11.5 Å². The Labute approximate surface area is 102 Å². The zero-order valence-electron chi connectivity index (χ0n) is 10.5. The average molecular weight is 249 g/mol. The molecule has 0 spiro atoms. The minimum atomic E-state index is -0.881. The summed E-state index contributed by atoms with van der Waals surface area (Å²) in [5.41, 5.74) is 5.36. The van der Waals surface area contributed by atoms with Crippen molar-refractivity contribution < 1.29 is 14.6 Å². The predicted molar refractivity (Wildman–Crippen MR) is 67.6 cm³/mol. The molecule has 2 atom stereocenters. The first-order valence-corrected chi connectivity index (χ1v) is 6.67. The van der Waals surface area contributed by atoms with Crippen molar-refractivity contribution in [1.82, 2.24) is 0 Å². The van der Waals surface area contributed by atoms with Crippen LogP contribution in [-0.2, 0) is 9.53 Å². The highest BCUT2D eigenvalue weighted by Crippen LogP contribution is 2.18. The highest BCUT2D eigenvalue weighted by Gasteiger charge is 2.28. The lowest BCUT2D eigenvalue weighted by atomic mass is 10.0. The molecule has 96 valence electrons. The van der Waals surface area contributed by atoms with Crippen LogP contribution in [0, 0.1) is 5.92 Å². The summed E-state index contributed by atoms with van der Waals surface area (Å²) >= 11 is 1.71. The molecule has 0 saturated heterocycles. The first kappa shape index (κ1) is 15.7. The van der Waals surface area contributed by atoms with Crippen LogP contribution in [0.3, 0.4) is 0 Å². The highest BCUT2D eigenvalue weighted by atomic mass is 32.2. The van der Waals surface area contributed by atoms with Crippen molar-refractivity contribution in [3.05, 3.63) is 0 Å². The Hall–Kier alpha value is -0.260. The number of thioether (sulfide) groups is 1. The number of carboxylic acid groups (broad SMARTS) is 1. The topological polar surface area (TPSA) is 72.5 Å². The lowest BCUT2D eigenvalue weighted by molar-refractivity contribution is -0.153. The third-order valence-corrected chi connectivity index (χ3v) is 2.91. The summed E-state index contributed by atoms with van der Waals surface area (Å²) in [5.74, 6) is 0.280. The van der Waals surface area contributed by atoms with Gasteiger partial charge in [0.15, 0.2) is 0 Å². The van der Waals surface area contributed by atoms with Crippen molar-refractivity contribution in [1.29, 1.82) is 0 Å². The standard InChI is InChI=1S/C11H23NO3S/c1-5-16-7-6-8(10(13)14)9(12)15-11(2,3)4/h8-9H,5-7,12H2,1-4H3,(H,13,14). The summed E-state index contributed by atoms with van der Waals surface area (Å²) in [7, 11) is 0. The van der Waals surface area contributed by atoms with Crippen LogP contribution >= 0.6 is 11.8 Å². The van der Waals surface area contributed by atoms with Gasteiger partial charge < -0.3 is 15.6 Å². The second kappa shape index (κ2) is 7.14. The summed E-state index contributed by atoms with van der Waals surface area (Å²) in [4.78, 5) is 11.1. The van der Waals surface area contributed by atoms with Gasteiger partial charge in [-0.2, -0.15) is 11.8 Å². The average Bonchev–Trinajstić information content (AvgIpc) is 2.08. The third-order valence-electron chi connectivity index (χ3n) is 1.98. The summed E-state index contributed by atoms with van der Waals surface area (Å²) in [6.45, 7) is 7.65. The van der Waals surface area contributed by atoms with Crippen molar-refractivity contribution in [3.8, 4) is 0 Å². The van der Waals surface area contributed by atoms with E-state index in [9.17, 15) is 4.79 Å². The molecule has 0 saturated carbocycles. The number of hydrogen-bond donors (Lipinski definition) is 2. The van der Waals surface area contributed by atoms with Gasteiger partial charge in [-0.3, -0.25) is 4.79 Å². The maximum Gasteiger partial charge on any atom is 0.310 e. The summed E-state index contributed by atoms with van der Waals surface area (Å²) < 4.78 is 5.48. The number of ether oxygens (including phenoxy) is 1. The van der Waals surface area contributed by atoms with Gasteiger partial charge in [-0.05, 0) is 38.7 Å². The molecule has 0 radical (unpaired) electrons. The summed E-state index contributed by atoms with van der Waals surface area (Å²) in [6, 6.07) is 0. The molecule has 0 rings (SSSR count). The Morgan fingerprint density at radius 2 is 2.06 bits per heavy atom. The molecule has 5 heteroatoms. The summed E-state index contributed by atoms with van der Waals surface area (Å²) in [5, 5.41) is 9.07. The molecule has 4 nitrogen and oxygen atoms in total. The van der Waals surface area contributed by atoms with Gasteiger partial charge in [-0.25, -0.2) is 0 Å². The fourth-order valence-corrected chi connectivity index (χ4v) is 1.98. The Bertz CT molecular complexity index is 216. The van der Waals surface area contributed by atoms with Crippen LogP contribution in [0.4, 0.5) is 0 Å². The largest absolute Gasteiger partial charge is 0.481 e. The molecule has 0 aliphatic heterocycles. The fraction of sp³-hybridized carbons (Fsp3) is 0.909. The lowest BCUT2D eigenvalue weighted by Crippen LogP contribution is -2.43. The molecule has 0 aliphatic rings. The van der Waals surface area contributed by atoms with Gasteiger partial charge >= 0.3 is 5.97 Å². The fourth-order valence-electron chi connectivity index (χ4n) is 1.27. The monoisotopic (exact) mass is 249 g/mol. The Morgan fingerprint density at radius 1 is 1.50 bits per heavy atom. The molecular weight excluding hydrogens is 226 g/mol. The van der Waals surface area contributed by atoms with E-state index >= 15 is 0 Å². The molecule has 0 amide bonds. The molecule has 0 fully saturated rings. The van der Waals surface area contributed by atoms with Crippen LogP contribution in [0.1, 0.15) is 34.1 Å². The van der Waals surface area contributed by atoms with Gasteiger partial charge in [0.2, 0.25) is 0 Å². The second-order valence-corrected chi connectivity index (χ2v) is 6.02. The van der Waals surface area contributed by atoms with E-state index in [1.807, 2.05) is 27.7 Å². The minimum Gasteiger partial charge on any atom is -0.481 e. The van der Waals surface area contributed by atoms with E-state index in [0.717, 1.165) is 11.5 Å². The van der Waals surface area contributed by atoms with Crippen molar-refractivity contribution in [2.75, 3.05) is 11.5 Å². The van der Waals surface area contributed by atoms with E-state index in [2.05, 4.69) is 0 Å². The zero-order chi connectivity index (χ0) is 12.8. The van der Waals surface area contributed by atoms with E-state index in [1.54, 1.807) is 11.8 Å². The van der Waals surface area contributed by atoms with E-state index < -0.39 is 23.7 Å². The lowest BCUT2D eigenvalue weighted by Gasteiger charge is -2.28. The number of carbonyl (C=O) groups is 1. The summed E-state index contributed by atoms with van der Waals surface area (Å²) in [6.07, 6.45) is -0.194. The van der Waals surface area contributed by atoms with Gasteiger partial charge in [-0.15, -0.1) is 0 Å². The number of rotatable bonds is 7.